The van der Waals surface area contributed by atoms with Crippen LogP contribution in [0.25, 0.3) is 10.9 Å². The number of carbonyl (C=O) groups is 1. The van der Waals surface area contributed by atoms with Crippen LogP contribution in [-0.4, -0.2) is 35.6 Å². The summed E-state index contributed by atoms with van der Waals surface area (Å²) < 4.78 is 12.4. The van der Waals surface area contributed by atoms with Crippen molar-refractivity contribution in [1.82, 2.24) is 9.47 Å². The number of carbonyl (C=O) groups excluding carboxylic acids is 1. The Morgan fingerprint density at radius 2 is 2.07 bits per heavy atom. The van der Waals surface area contributed by atoms with Crippen molar-refractivity contribution < 1.29 is 34.7 Å². The molecule has 3 atom stereocenters. The number of ether oxygens (including phenoxy) is 2. The molecule has 0 saturated carbocycles. The number of benzene rings is 1. The van der Waals surface area contributed by atoms with Crippen LogP contribution in [0.4, 0.5) is 0 Å². The van der Waals surface area contributed by atoms with E-state index in [4.69, 9.17) is 9.47 Å². The molecule has 30 heavy (non-hydrogen) atoms. The van der Waals surface area contributed by atoms with Gasteiger partial charge in [0.05, 0.1) is 6.04 Å². The van der Waals surface area contributed by atoms with E-state index in [1.807, 2.05) is 0 Å². The number of rotatable bonds is 3. The molecule has 0 bridgehead atoms. The quantitative estimate of drug-likeness (QED) is 0.350. The van der Waals surface area contributed by atoms with E-state index >= 15 is 0 Å². The van der Waals surface area contributed by atoms with Crippen molar-refractivity contribution in [1.29, 1.82) is 0 Å². The van der Waals surface area contributed by atoms with Gasteiger partial charge < -0.3 is 14.0 Å². The third-order valence-electron chi connectivity index (χ3n) is 6.97. The van der Waals surface area contributed by atoms with Gasteiger partial charge in [-0.15, -0.1) is 0 Å². The first-order valence-corrected chi connectivity index (χ1v) is 10.2. The Morgan fingerprint density at radius 1 is 1.27 bits per heavy atom. The molecule has 0 N–H and O–H groups in total. The molecule has 1 radical (unpaired) electrons. The summed E-state index contributed by atoms with van der Waals surface area (Å²) in [6.07, 6.45) is 6.29. The Morgan fingerprint density at radius 3 is 2.87 bits per heavy atom. The average molecular weight is 833 g/mol. The molecule has 2 aromatic rings. The number of hydrogen-bond acceptors (Lipinski definition) is 4. The number of esters is 1. The van der Waals surface area contributed by atoms with Crippen LogP contribution in [0.3, 0.4) is 0 Å². The summed E-state index contributed by atoms with van der Waals surface area (Å²) in [5, 5.41) is 1.38. The largest absolute Gasteiger partial charge is 0.607 e. The van der Waals surface area contributed by atoms with E-state index < -0.39 is 0 Å². The Bertz CT molecular complexity index is 957. The number of para-hydroxylation sites is 1. The molecule has 7 heteroatoms. The number of allylic oxidation sites excluding steroid dienone is 1. The third kappa shape index (κ3) is 3.38. The van der Waals surface area contributed by atoms with E-state index in [0.29, 0.717) is 12.0 Å². The van der Waals surface area contributed by atoms with Gasteiger partial charge in [0.25, 0.3) is 0 Å². The summed E-state index contributed by atoms with van der Waals surface area (Å²) in [6, 6.07) is 9.08. The van der Waals surface area contributed by atoms with Crippen LogP contribution in [0.2, 0.25) is 0 Å². The van der Waals surface area contributed by atoms with Crippen molar-refractivity contribution in [3.8, 4) is 0 Å². The molecule has 1 aromatic carbocycles. The Balaban J connectivity index is 0.00000128. The van der Waals surface area contributed by atoms with Crippen molar-refractivity contribution >= 4 is 16.9 Å². The first-order valence-electron chi connectivity index (χ1n) is 10.2. The van der Waals surface area contributed by atoms with Crippen molar-refractivity contribution in [2.45, 2.75) is 31.7 Å². The van der Waals surface area contributed by atoms with E-state index in [-0.39, 0.29) is 32.3 Å². The molecule has 5 rings (SSSR count). The number of hydrogen-bond donors (Lipinski definition) is 0. The average Bonchev–Trinajstić information content (AvgIpc) is 3.03. The maximum absolute atomic E-state index is 12.6. The van der Waals surface area contributed by atoms with Gasteiger partial charge in [-0.2, -0.15) is 0 Å². The molecule has 1 aromatic heterocycles. The normalized spacial score (nSPS) is 25.1. The van der Waals surface area contributed by atoms with Crippen molar-refractivity contribution in [2.24, 2.45) is 18.9 Å². The second-order valence-electron chi connectivity index (χ2n) is 8.28. The fourth-order valence-corrected chi connectivity index (χ4v) is 5.78. The second kappa shape index (κ2) is 8.73. The third-order valence-corrected chi connectivity index (χ3v) is 6.97. The molecule has 2 aliphatic heterocycles. The summed E-state index contributed by atoms with van der Waals surface area (Å²) in [6.45, 7) is 3.30. The molecular formula is C23H27N2O3ReRf-. The Labute approximate surface area is 185 Å². The molecule has 1 fully saturated rings. The minimum Gasteiger partial charge on any atom is -0.607 e. The zero-order chi connectivity index (χ0) is 19.3. The van der Waals surface area contributed by atoms with E-state index in [9.17, 15) is 4.79 Å². The van der Waals surface area contributed by atoms with E-state index in [1.54, 1.807) is 0 Å². The molecule has 1 aliphatic carbocycles. The summed E-state index contributed by atoms with van der Waals surface area (Å²) in [5.41, 5.74) is 5.09. The number of methoxy groups -OCH3 is 1. The molecule has 0 amide bonds. The first-order chi connectivity index (χ1) is 13.7. The molecule has 5 nitrogen and oxygen atoms in total. The summed E-state index contributed by atoms with van der Waals surface area (Å²) in [5.74, 6) is 0.539. The topological polar surface area (TPSA) is 43.7 Å². The zero-order valence-corrected chi connectivity index (χ0v) is 26.8. The van der Waals surface area contributed by atoms with Crippen LogP contribution in [-0.2, 0) is 48.2 Å². The Hall–Kier alpha value is -2.45. The van der Waals surface area contributed by atoms with E-state index in [2.05, 4.69) is 46.9 Å². The van der Waals surface area contributed by atoms with E-state index in [0.717, 1.165) is 51.1 Å². The maximum Gasteiger partial charge on any atom is 0.304 e. The summed E-state index contributed by atoms with van der Waals surface area (Å²) in [4.78, 5) is 15.3. The van der Waals surface area contributed by atoms with Gasteiger partial charge in [0.2, 0.25) is 0 Å². The minimum absolute atomic E-state index is 0. The molecule has 3 unspecified atom stereocenters. The minimum atomic E-state index is -0.252. The smallest absolute Gasteiger partial charge is 0.304 e. The van der Waals surface area contributed by atoms with Crippen molar-refractivity contribution in [3.05, 3.63) is 54.0 Å². The van der Waals surface area contributed by atoms with Gasteiger partial charge >= 0.3 is 5.97 Å². The number of piperidine rings is 1. The molecule has 0 spiro atoms. The SMILES string of the molecule is CO[CH-]OC(=O)C1=CCCC2CN3CCc4c(n(C)c5ccccc45)C3CC12.[Re].[Rf]. The molecular weight excluding hydrogens is 805 g/mol. The Kier molecular flexibility index (Phi) is 6.48. The van der Waals surface area contributed by atoms with Crippen LogP contribution >= 0.6 is 0 Å². The second-order valence-corrected chi connectivity index (χ2v) is 8.28. The van der Waals surface area contributed by atoms with Crippen LogP contribution < -0.4 is 0 Å². The van der Waals surface area contributed by atoms with E-state index in [1.165, 1.54) is 29.3 Å². The van der Waals surface area contributed by atoms with Gasteiger partial charge in [-0.1, -0.05) is 24.3 Å². The maximum atomic E-state index is 12.6. The number of aromatic nitrogens is 1. The van der Waals surface area contributed by atoms with Gasteiger partial charge in [0.15, 0.2) is 0 Å². The van der Waals surface area contributed by atoms with Gasteiger partial charge in [-0.3, -0.25) is 4.90 Å². The molecule has 3 heterocycles. The number of nitrogens with zero attached hydrogens (tertiary/aromatic N) is 2. The zero-order valence-electron chi connectivity index (χ0n) is 17.6. The van der Waals surface area contributed by atoms with Crippen LogP contribution in [0.1, 0.15) is 36.6 Å². The summed E-state index contributed by atoms with van der Waals surface area (Å²) >= 11 is 0. The van der Waals surface area contributed by atoms with Crippen LogP contribution in [0, 0.1) is 18.6 Å². The number of fused-ring (bicyclic) bond motifs is 6. The van der Waals surface area contributed by atoms with Gasteiger partial charge in [-0.05, 0) is 55.9 Å². The van der Waals surface area contributed by atoms with Gasteiger partial charge in [0, 0.05) is 69.8 Å². The van der Waals surface area contributed by atoms with Crippen LogP contribution in [0.5, 0.6) is 0 Å². The number of aryl methyl sites for hydroxylation is 1. The van der Waals surface area contributed by atoms with Crippen molar-refractivity contribution in [3.63, 3.8) is 0 Å². The van der Waals surface area contributed by atoms with Gasteiger partial charge in [-0.25, -0.2) is 4.79 Å². The molecule has 1 saturated heterocycles. The van der Waals surface area contributed by atoms with Crippen molar-refractivity contribution in [2.75, 3.05) is 20.2 Å². The molecule has 157 valence electrons. The molecule has 3 aliphatic rings. The first kappa shape index (κ1) is 22.2. The standard InChI is InChI=1S/C23H27N2O3.Re.Rf/c1-24-20-9-4-3-7-16(20)17-10-11-25-13-15-6-5-8-18(23(26)28-14-27-2)19(15)12-21(25)22(17)24;;/h3-4,7-9,14-15,19,21H,5-6,10-13H2,1-2H3;;/q-1;;. The fourth-order valence-electron chi connectivity index (χ4n) is 5.78. The van der Waals surface area contributed by atoms with Crippen LogP contribution in [0.15, 0.2) is 35.9 Å². The predicted octanol–water partition coefficient (Wildman–Crippen LogP) is 3.74. The fraction of sp³-hybridized carbons (Fsp3) is 0.478. The predicted molar refractivity (Wildman–Crippen MR) is 107 cm³/mol. The summed E-state index contributed by atoms with van der Waals surface area (Å²) in [7, 11) is 3.68. The van der Waals surface area contributed by atoms with Gasteiger partial charge in [0.1, 0.15) is 0 Å². The monoisotopic (exact) mass is 833 g/mol.